The summed E-state index contributed by atoms with van der Waals surface area (Å²) in [6, 6.07) is 16.3. The average Bonchev–Trinajstić information content (AvgIpc) is 2.48. The fourth-order valence-electron chi connectivity index (χ4n) is 1.69. The fourth-order valence-corrected chi connectivity index (χ4v) is 1.69. The van der Waals surface area contributed by atoms with Gasteiger partial charge in [0.25, 0.3) is 5.91 Å². The Kier molecular flexibility index (Phi) is 4.50. The van der Waals surface area contributed by atoms with Gasteiger partial charge in [0.1, 0.15) is 0 Å². The molecular weight excluding hydrogens is 252 g/mol. The molecule has 0 unspecified atom stereocenters. The van der Waals surface area contributed by atoms with Crippen LogP contribution in [-0.2, 0) is 4.79 Å². The molecule has 0 fully saturated rings. The molecule has 102 valence electrons. The number of aryl methyl sites for hydroxylation is 1. The van der Waals surface area contributed by atoms with E-state index < -0.39 is 0 Å². The zero-order valence-electron chi connectivity index (χ0n) is 11.2. The molecule has 0 aliphatic heterocycles. The summed E-state index contributed by atoms with van der Waals surface area (Å²) in [7, 11) is 0. The molecule has 4 heteroatoms. The first-order valence-corrected chi connectivity index (χ1v) is 6.35. The summed E-state index contributed by atoms with van der Waals surface area (Å²) in [6.45, 7) is 1.92. The van der Waals surface area contributed by atoms with Crippen LogP contribution in [0.5, 0.6) is 0 Å². The quantitative estimate of drug-likeness (QED) is 0.894. The molecule has 0 aliphatic carbocycles. The number of hydrogen-bond donors (Lipinski definition) is 2. The summed E-state index contributed by atoms with van der Waals surface area (Å²) >= 11 is 0. The SMILES string of the molecule is Cc1ccc(NC(=O)CNC(=O)c2ccccc2)cc1. The summed E-state index contributed by atoms with van der Waals surface area (Å²) < 4.78 is 0. The van der Waals surface area contributed by atoms with Crippen LogP contribution in [-0.4, -0.2) is 18.4 Å². The highest BCUT2D eigenvalue weighted by Crippen LogP contribution is 2.08. The topological polar surface area (TPSA) is 58.2 Å². The minimum atomic E-state index is -0.260. The van der Waals surface area contributed by atoms with E-state index in [1.807, 2.05) is 37.3 Å². The van der Waals surface area contributed by atoms with E-state index in [1.165, 1.54) is 0 Å². The van der Waals surface area contributed by atoms with E-state index in [0.29, 0.717) is 5.56 Å². The molecule has 2 amide bonds. The zero-order chi connectivity index (χ0) is 14.4. The van der Waals surface area contributed by atoms with Gasteiger partial charge in [0.15, 0.2) is 0 Å². The summed E-state index contributed by atoms with van der Waals surface area (Å²) in [5.41, 5.74) is 2.38. The molecule has 2 N–H and O–H groups in total. The first kappa shape index (κ1) is 13.8. The summed E-state index contributed by atoms with van der Waals surface area (Å²) in [5.74, 6) is -0.511. The van der Waals surface area contributed by atoms with Gasteiger partial charge in [-0.1, -0.05) is 35.9 Å². The van der Waals surface area contributed by atoms with Gasteiger partial charge in [-0.15, -0.1) is 0 Å². The van der Waals surface area contributed by atoms with E-state index >= 15 is 0 Å². The molecule has 4 nitrogen and oxygen atoms in total. The summed E-state index contributed by atoms with van der Waals surface area (Å²) in [4.78, 5) is 23.5. The summed E-state index contributed by atoms with van der Waals surface area (Å²) in [5, 5.41) is 5.30. The molecule has 0 spiro atoms. The maximum Gasteiger partial charge on any atom is 0.251 e. The summed E-state index contributed by atoms with van der Waals surface area (Å²) in [6.07, 6.45) is 0. The highest BCUT2D eigenvalue weighted by Gasteiger charge is 2.07. The van der Waals surface area contributed by atoms with Crippen molar-refractivity contribution in [1.82, 2.24) is 5.32 Å². The molecule has 0 aromatic heterocycles. The molecular formula is C16H16N2O2. The number of amides is 2. The smallest absolute Gasteiger partial charge is 0.251 e. The van der Waals surface area contributed by atoms with Gasteiger partial charge in [0.2, 0.25) is 5.91 Å². The number of hydrogen-bond acceptors (Lipinski definition) is 2. The molecule has 0 aliphatic rings. The van der Waals surface area contributed by atoms with Crippen LogP contribution in [0.2, 0.25) is 0 Å². The molecule has 2 aromatic rings. The highest BCUT2D eigenvalue weighted by molar-refractivity contribution is 5.99. The van der Waals surface area contributed by atoms with E-state index in [2.05, 4.69) is 10.6 Å². The van der Waals surface area contributed by atoms with E-state index in [9.17, 15) is 9.59 Å². The molecule has 0 radical (unpaired) electrons. The van der Waals surface area contributed by atoms with Crippen LogP contribution < -0.4 is 10.6 Å². The van der Waals surface area contributed by atoms with E-state index in [0.717, 1.165) is 11.3 Å². The molecule has 0 saturated heterocycles. The lowest BCUT2D eigenvalue weighted by Gasteiger charge is -2.07. The first-order valence-electron chi connectivity index (χ1n) is 6.35. The number of anilines is 1. The Balaban J connectivity index is 1.83. The maximum atomic E-state index is 11.8. The lowest BCUT2D eigenvalue weighted by molar-refractivity contribution is -0.115. The molecule has 0 bridgehead atoms. The predicted molar refractivity (Wildman–Crippen MR) is 78.6 cm³/mol. The number of benzene rings is 2. The maximum absolute atomic E-state index is 11.8. The number of nitrogens with one attached hydrogen (secondary N) is 2. The van der Waals surface area contributed by atoms with Crippen molar-refractivity contribution >= 4 is 17.5 Å². The van der Waals surface area contributed by atoms with Crippen molar-refractivity contribution in [3.63, 3.8) is 0 Å². The predicted octanol–water partition coefficient (Wildman–Crippen LogP) is 2.36. The van der Waals surface area contributed by atoms with Gasteiger partial charge < -0.3 is 10.6 Å². The minimum absolute atomic E-state index is 0.0540. The number of rotatable bonds is 4. The van der Waals surface area contributed by atoms with Gasteiger partial charge in [-0.25, -0.2) is 0 Å². The molecule has 0 atom stereocenters. The van der Waals surface area contributed by atoms with Crippen molar-refractivity contribution in [2.45, 2.75) is 6.92 Å². The second kappa shape index (κ2) is 6.52. The van der Waals surface area contributed by atoms with Crippen LogP contribution >= 0.6 is 0 Å². The largest absolute Gasteiger partial charge is 0.343 e. The second-order valence-electron chi connectivity index (χ2n) is 4.46. The fraction of sp³-hybridized carbons (Fsp3) is 0.125. The van der Waals surface area contributed by atoms with Crippen LogP contribution in [0, 0.1) is 6.92 Å². The Labute approximate surface area is 117 Å². The Morgan fingerprint density at radius 3 is 2.25 bits per heavy atom. The number of carbonyl (C=O) groups excluding carboxylic acids is 2. The Hall–Kier alpha value is -2.62. The normalized spacial score (nSPS) is 9.85. The Bertz CT molecular complexity index is 592. The minimum Gasteiger partial charge on any atom is -0.343 e. The Morgan fingerprint density at radius 2 is 1.60 bits per heavy atom. The monoisotopic (exact) mass is 268 g/mol. The highest BCUT2D eigenvalue weighted by atomic mass is 16.2. The zero-order valence-corrected chi connectivity index (χ0v) is 11.2. The van der Waals surface area contributed by atoms with E-state index in [1.54, 1.807) is 24.3 Å². The van der Waals surface area contributed by atoms with E-state index in [4.69, 9.17) is 0 Å². The van der Waals surface area contributed by atoms with Gasteiger partial charge >= 0.3 is 0 Å². The lowest BCUT2D eigenvalue weighted by Crippen LogP contribution is -2.32. The van der Waals surface area contributed by atoms with Gasteiger partial charge in [-0.05, 0) is 31.2 Å². The standard InChI is InChI=1S/C16H16N2O2/c1-12-7-9-14(10-8-12)18-15(19)11-17-16(20)13-5-3-2-4-6-13/h2-10H,11H2,1H3,(H,17,20)(H,18,19). The van der Waals surface area contributed by atoms with Crippen LogP contribution in [0.4, 0.5) is 5.69 Å². The molecule has 2 rings (SSSR count). The second-order valence-corrected chi connectivity index (χ2v) is 4.46. The third-order valence-corrected chi connectivity index (χ3v) is 2.78. The lowest BCUT2D eigenvalue weighted by atomic mass is 10.2. The van der Waals surface area contributed by atoms with Crippen LogP contribution in [0.3, 0.4) is 0 Å². The molecule has 0 saturated carbocycles. The van der Waals surface area contributed by atoms with Crippen molar-refractivity contribution in [3.8, 4) is 0 Å². The van der Waals surface area contributed by atoms with Gasteiger partial charge in [0, 0.05) is 11.3 Å². The Morgan fingerprint density at radius 1 is 0.950 bits per heavy atom. The third-order valence-electron chi connectivity index (χ3n) is 2.78. The van der Waals surface area contributed by atoms with Gasteiger partial charge in [-0.2, -0.15) is 0 Å². The molecule has 0 heterocycles. The first-order chi connectivity index (χ1) is 9.65. The van der Waals surface area contributed by atoms with Crippen molar-refractivity contribution in [2.24, 2.45) is 0 Å². The van der Waals surface area contributed by atoms with Crippen LogP contribution in [0.15, 0.2) is 54.6 Å². The molecule has 2 aromatic carbocycles. The van der Waals surface area contributed by atoms with Crippen molar-refractivity contribution in [3.05, 3.63) is 65.7 Å². The van der Waals surface area contributed by atoms with Crippen molar-refractivity contribution in [1.29, 1.82) is 0 Å². The molecule has 20 heavy (non-hydrogen) atoms. The number of carbonyl (C=O) groups is 2. The average molecular weight is 268 g/mol. The van der Waals surface area contributed by atoms with Crippen molar-refractivity contribution < 1.29 is 9.59 Å². The van der Waals surface area contributed by atoms with E-state index in [-0.39, 0.29) is 18.4 Å². The third kappa shape index (κ3) is 3.95. The van der Waals surface area contributed by atoms with Gasteiger partial charge in [0.05, 0.1) is 6.54 Å². The van der Waals surface area contributed by atoms with Gasteiger partial charge in [-0.3, -0.25) is 9.59 Å². The van der Waals surface area contributed by atoms with Crippen LogP contribution in [0.25, 0.3) is 0 Å². The van der Waals surface area contributed by atoms with Crippen molar-refractivity contribution in [2.75, 3.05) is 11.9 Å². The van der Waals surface area contributed by atoms with Crippen LogP contribution in [0.1, 0.15) is 15.9 Å².